The van der Waals surface area contributed by atoms with E-state index >= 15 is 0 Å². The third kappa shape index (κ3) is 2.71. The van der Waals surface area contributed by atoms with Crippen LogP contribution in [0.3, 0.4) is 0 Å². The second-order valence-corrected chi connectivity index (χ2v) is 5.98. The van der Waals surface area contributed by atoms with Crippen LogP contribution in [0, 0.1) is 0 Å². The molecule has 4 N–H and O–H groups in total. The molecule has 0 unspecified atom stereocenters. The zero-order chi connectivity index (χ0) is 19.1. The Morgan fingerprint density at radius 3 is 2.15 bits per heavy atom. The van der Waals surface area contributed by atoms with Gasteiger partial charge in [0.2, 0.25) is 0 Å². The van der Waals surface area contributed by atoms with Crippen LogP contribution in [0.25, 0.3) is 28.0 Å². The standard InChI is InChI=1S/C20H14N2O5/c23-13-6-4-11(5-7-13)18-17(12-9-14(24)19(26)15(25)10-12)20(27)22-8-2-1-3-16(22)21-18/h1-10,23-26H. The number of nitrogens with zero attached hydrogens (tertiary/aromatic N) is 2. The van der Waals surface area contributed by atoms with Crippen LogP contribution in [0.1, 0.15) is 0 Å². The second-order valence-electron chi connectivity index (χ2n) is 5.98. The number of phenols is 4. The number of benzene rings is 2. The molecule has 0 atom stereocenters. The Labute approximate surface area is 152 Å². The third-order valence-electron chi connectivity index (χ3n) is 4.23. The number of aromatic nitrogens is 2. The Balaban J connectivity index is 2.12. The largest absolute Gasteiger partial charge is 0.508 e. The molecule has 2 aromatic carbocycles. The van der Waals surface area contributed by atoms with Crippen LogP contribution >= 0.6 is 0 Å². The van der Waals surface area contributed by atoms with Crippen LogP contribution in [0.4, 0.5) is 0 Å². The van der Waals surface area contributed by atoms with Gasteiger partial charge in [-0.1, -0.05) is 6.07 Å². The van der Waals surface area contributed by atoms with Crippen LogP contribution in [-0.4, -0.2) is 29.8 Å². The number of fused-ring (bicyclic) bond motifs is 1. The maximum Gasteiger partial charge on any atom is 0.266 e. The minimum Gasteiger partial charge on any atom is -0.508 e. The Hall–Kier alpha value is -4.00. The molecular weight excluding hydrogens is 348 g/mol. The van der Waals surface area contributed by atoms with Gasteiger partial charge in [0.25, 0.3) is 5.56 Å². The van der Waals surface area contributed by atoms with Gasteiger partial charge in [-0.25, -0.2) is 4.98 Å². The predicted octanol–water partition coefficient (Wildman–Crippen LogP) is 2.85. The Morgan fingerprint density at radius 2 is 1.48 bits per heavy atom. The molecule has 0 aliphatic heterocycles. The van der Waals surface area contributed by atoms with E-state index in [1.807, 2.05) is 0 Å². The lowest BCUT2D eigenvalue weighted by Crippen LogP contribution is -2.18. The summed E-state index contributed by atoms with van der Waals surface area (Å²) in [6.45, 7) is 0. The average molecular weight is 362 g/mol. The fourth-order valence-electron chi connectivity index (χ4n) is 2.93. The van der Waals surface area contributed by atoms with Crippen molar-refractivity contribution < 1.29 is 20.4 Å². The summed E-state index contributed by atoms with van der Waals surface area (Å²) >= 11 is 0. The molecule has 0 saturated carbocycles. The van der Waals surface area contributed by atoms with Gasteiger partial charge >= 0.3 is 0 Å². The summed E-state index contributed by atoms with van der Waals surface area (Å²) in [5, 5.41) is 38.9. The maximum absolute atomic E-state index is 13.1. The molecule has 4 rings (SSSR count). The second kappa shape index (κ2) is 6.06. The fourth-order valence-corrected chi connectivity index (χ4v) is 2.93. The summed E-state index contributed by atoms with van der Waals surface area (Å²) < 4.78 is 1.35. The van der Waals surface area contributed by atoms with E-state index in [1.165, 1.54) is 28.7 Å². The van der Waals surface area contributed by atoms with Crippen molar-refractivity contribution in [3.63, 3.8) is 0 Å². The van der Waals surface area contributed by atoms with Crippen molar-refractivity contribution >= 4 is 5.65 Å². The normalized spacial score (nSPS) is 11.0. The smallest absolute Gasteiger partial charge is 0.266 e. The monoisotopic (exact) mass is 362 g/mol. The number of hydrogen-bond acceptors (Lipinski definition) is 6. The van der Waals surface area contributed by atoms with Crippen molar-refractivity contribution in [2.24, 2.45) is 0 Å². The highest BCUT2D eigenvalue weighted by molar-refractivity contribution is 5.83. The minimum absolute atomic E-state index is 0.0673. The number of hydrogen-bond donors (Lipinski definition) is 4. The summed E-state index contributed by atoms with van der Waals surface area (Å²) in [6, 6.07) is 13.7. The first-order valence-corrected chi connectivity index (χ1v) is 8.02. The summed E-state index contributed by atoms with van der Waals surface area (Å²) in [6.07, 6.45) is 1.56. The van der Waals surface area contributed by atoms with Gasteiger partial charge in [0.15, 0.2) is 17.2 Å². The van der Waals surface area contributed by atoms with Crippen molar-refractivity contribution in [1.29, 1.82) is 0 Å². The lowest BCUT2D eigenvalue weighted by atomic mass is 9.99. The van der Waals surface area contributed by atoms with Gasteiger partial charge in [-0.3, -0.25) is 9.20 Å². The summed E-state index contributed by atoms with van der Waals surface area (Å²) in [7, 11) is 0. The van der Waals surface area contributed by atoms with Gasteiger partial charge in [-0.2, -0.15) is 0 Å². The SMILES string of the molecule is O=c1c(-c2cc(O)c(O)c(O)c2)c(-c2ccc(O)cc2)nc2ccccn12. The van der Waals surface area contributed by atoms with Crippen molar-refractivity contribution in [3.05, 3.63) is 71.1 Å². The highest BCUT2D eigenvalue weighted by Crippen LogP contribution is 2.40. The molecular formula is C20H14N2O5. The average Bonchev–Trinajstić information content (AvgIpc) is 2.66. The molecule has 0 saturated heterocycles. The Morgan fingerprint density at radius 1 is 0.815 bits per heavy atom. The highest BCUT2D eigenvalue weighted by Gasteiger charge is 2.19. The first-order valence-electron chi connectivity index (χ1n) is 8.02. The van der Waals surface area contributed by atoms with Gasteiger partial charge in [0.05, 0.1) is 11.3 Å². The molecule has 0 bridgehead atoms. The molecule has 0 amide bonds. The first kappa shape index (κ1) is 16.5. The molecule has 7 heteroatoms. The molecule has 0 radical (unpaired) electrons. The van der Waals surface area contributed by atoms with E-state index in [9.17, 15) is 25.2 Å². The van der Waals surface area contributed by atoms with E-state index in [-0.39, 0.29) is 16.9 Å². The maximum atomic E-state index is 13.1. The number of rotatable bonds is 2. The predicted molar refractivity (Wildman–Crippen MR) is 99.0 cm³/mol. The van der Waals surface area contributed by atoms with E-state index in [4.69, 9.17) is 0 Å². The third-order valence-corrected chi connectivity index (χ3v) is 4.23. The zero-order valence-electron chi connectivity index (χ0n) is 13.9. The van der Waals surface area contributed by atoms with Gasteiger partial charge < -0.3 is 20.4 Å². The van der Waals surface area contributed by atoms with Crippen LogP contribution in [0.2, 0.25) is 0 Å². The van der Waals surface area contributed by atoms with E-state index in [1.54, 1.807) is 36.5 Å². The molecule has 0 aliphatic carbocycles. The van der Waals surface area contributed by atoms with Gasteiger partial charge in [-0.15, -0.1) is 0 Å². The number of aromatic hydroxyl groups is 4. The fraction of sp³-hybridized carbons (Fsp3) is 0. The van der Waals surface area contributed by atoms with E-state index < -0.39 is 22.8 Å². The molecule has 7 nitrogen and oxygen atoms in total. The van der Waals surface area contributed by atoms with Crippen molar-refractivity contribution in [2.75, 3.05) is 0 Å². The van der Waals surface area contributed by atoms with E-state index in [0.29, 0.717) is 16.9 Å². The van der Waals surface area contributed by atoms with E-state index in [0.717, 1.165) is 0 Å². The molecule has 134 valence electrons. The molecule has 0 spiro atoms. The first-order chi connectivity index (χ1) is 13.0. The number of pyridine rings is 1. The van der Waals surface area contributed by atoms with Crippen LogP contribution in [-0.2, 0) is 0 Å². The minimum atomic E-state index is -0.668. The molecule has 4 aromatic rings. The molecule has 2 heterocycles. The van der Waals surface area contributed by atoms with E-state index in [2.05, 4.69) is 4.98 Å². The van der Waals surface area contributed by atoms with Crippen molar-refractivity contribution in [3.8, 4) is 45.4 Å². The summed E-state index contributed by atoms with van der Waals surface area (Å²) in [5.41, 5.74) is 1.22. The Kier molecular flexibility index (Phi) is 3.70. The van der Waals surface area contributed by atoms with Gasteiger partial charge in [0.1, 0.15) is 11.4 Å². The molecule has 2 aromatic heterocycles. The number of phenolic OH excluding ortho intramolecular Hbond substituents is 4. The summed E-state index contributed by atoms with van der Waals surface area (Å²) in [5.74, 6) is -1.71. The highest BCUT2D eigenvalue weighted by atomic mass is 16.3. The topological polar surface area (TPSA) is 115 Å². The Bertz CT molecular complexity index is 1210. The zero-order valence-corrected chi connectivity index (χ0v) is 13.9. The molecule has 0 aliphatic rings. The van der Waals surface area contributed by atoms with Crippen LogP contribution in [0.5, 0.6) is 23.0 Å². The summed E-state index contributed by atoms with van der Waals surface area (Å²) in [4.78, 5) is 17.7. The quantitative estimate of drug-likeness (QED) is 0.408. The van der Waals surface area contributed by atoms with Gasteiger partial charge in [0, 0.05) is 11.8 Å². The van der Waals surface area contributed by atoms with Crippen molar-refractivity contribution in [1.82, 2.24) is 9.38 Å². The van der Waals surface area contributed by atoms with Crippen molar-refractivity contribution in [2.45, 2.75) is 0 Å². The molecule has 0 fully saturated rings. The van der Waals surface area contributed by atoms with Gasteiger partial charge in [-0.05, 0) is 54.1 Å². The lowest BCUT2D eigenvalue weighted by molar-refractivity contribution is 0.368. The van der Waals surface area contributed by atoms with Crippen LogP contribution < -0.4 is 5.56 Å². The molecule has 27 heavy (non-hydrogen) atoms. The lowest BCUT2D eigenvalue weighted by Gasteiger charge is -2.12. The van der Waals surface area contributed by atoms with Crippen LogP contribution in [0.15, 0.2) is 65.6 Å².